The smallest absolute Gasteiger partial charge is 0.422 e. The van der Waals surface area contributed by atoms with E-state index >= 15 is 0 Å². The SMILES string of the molecule is CCN(CC)c1ccc2cc(/C=C/c3ccc(S(=O)(=O)O)c[n+]3CCCCCC(=O)NCC#Cc3cn([C@H]4CC[C@@H](COP(=O)(O)OP(=O)(O)OP(=O)(O)O)O4)c(=O)nc3N)c(=O)oc2c1. The first-order chi connectivity index (χ1) is 31.0. The zero-order valence-electron chi connectivity index (χ0n) is 35.4. The standard InChI is InChI=1S/C38H47N6O18P3S/c1-3-42(4-2)30-14-11-26-21-27(37(46)60-33(26)22-30)12-13-29-15-17-32(66(55,56)57)24-43(29)20-7-5-6-10-34(45)40-19-8-9-28-23-44(38(47)41-36(28)39)35-18-16-31(59-35)25-58-64(51,52)62-65(53,54)61-63(48,49)50/h11-15,17,21-24,31,35H,3-7,10,16,18-20,25H2,1-2H3,(H7-,39,40,41,45,47,48,49,50,51,52,53,54,55,56,57)/p+1/t31-,35+/m0/s1. The number of nitrogens with two attached hydrogens (primary N) is 1. The molecule has 1 saturated heterocycles. The minimum Gasteiger partial charge on any atom is -0.422 e. The maximum absolute atomic E-state index is 12.9. The van der Waals surface area contributed by atoms with E-state index in [1.54, 1.807) is 22.8 Å². The van der Waals surface area contributed by atoms with Gasteiger partial charge in [-0.1, -0.05) is 11.8 Å². The number of nitrogens with one attached hydrogen (secondary N) is 1. The molecule has 358 valence electrons. The number of phosphoric ester groups is 1. The van der Waals surface area contributed by atoms with Crippen LogP contribution < -0.4 is 31.8 Å². The summed E-state index contributed by atoms with van der Waals surface area (Å²) in [5.41, 5.74) is 6.81. The molecule has 5 rings (SSSR count). The fourth-order valence-electron chi connectivity index (χ4n) is 6.62. The number of hydrogen-bond acceptors (Lipinski definition) is 16. The van der Waals surface area contributed by atoms with Crippen molar-refractivity contribution in [2.45, 2.75) is 76.1 Å². The lowest BCUT2D eigenvalue weighted by molar-refractivity contribution is -0.700. The normalized spacial score (nSPS) is 17.3. The molecule has 66 heavy (non-hydrogen) atoms. The number of anilines is 2. The fourth-order valence-corrected chi connectivity index (χ4v) is 10.2. The second kappa shape index (κ2) is 22.3. The quantitative estimate of drug-likeness (QED) is 0.0157. The highest BCUT2D eigenvalue weighted by Gasteiger charge is 2.41. The summed E-state index contributed by atoms with van der Waals surface area (Å²) in [7, 11) is -21.2. The van der Waals surface area contributed by atoms with Crippen LogP contribution in [0.5, 0.6) is 0 Å². The predicted octanol–water partition coefficient (Wildman–Crippen LogP) is 3.23. The molecule has 0 spiro atoms. The third-order valence-corrected chi connectivity index (χ3v) is 14.4. The molecule has 1 aromatic carbocycles. The number of nitrogen functional groups attached to an aromatic ring is 1. The van der Waals surface area contributed by atoms with Gasteiger partial charge in [0.15, 0.2) is 11.1 Å². The van der Waals surface area contributed by atoms with Crippen molar-refractivity contribution in [3.63, 3.8) is 0 Å². The van der Waals surface area contributed by atoms with Crippen molar-refractivity contribution < 1.29 is 77.9 Å². The van der Waals surface area contributed by atoms with Gasteiger partial charge in [0.05, 0.1) is 30.4 Å². The number of aromatic nitrogens is 3. The number of unbranched alkanes of at least 4 members (excludes halogenated alkanes) is 2. The predicted molar refractivity (Wildman–Crippen MR) is 236 cm³/mol. The van der Waals surface area contributed by atoms with Crippen LogP contribution in [-0.2, 0) is 53.0 Å². The molecule has 2 unspecified atom stereocenters. The van der Waals surface area contributed by atoms with Crippen molar-refractivity contribution in [1.29, 1.82) is 0 Å². The van der Waals surface area contributed by atoms with Gasteiger partial charge < -0.3 is 44.7 Å². The van der Waals surface area contributed by atoms with E-state index in [2.05, 4.69) is 40.2 Å². The molecule has 24 nitrogen and oxygen atoms in total. The van der Waals surface area contributed by atoms with Gasteiger partial charge in [0.25, 0.3) is 10.1 Å². The van der Waals surface area contributed by atoms with Crippen LogP contribution in [0.25, 0.3) is 23.1 Å². The van der Waals surface area contributed by atoms with Crippen molar-refractivity contribution in [3.8, 4) is 11.8 Å². The van der Waals surface area contributed by atoms with Gasteiger partial charge in [0.1, 0.15) is 24.2 Å². The monoisotopic (exact) mass is 1000 g/mol. The number of pyridine rings is 1. The Morgan fingerprint density at radius 2 is 1.77 bits per heavy atom. The summed E-state index contributed by atoms with van der Waals surface area (Å²) in [4.78, 5) is 80.0. The highest BCUT2D eigenvalue weighted by atomic mass is 32.2. The van der Waals surface area contributed by atoms with E-state index in [0.29, 0.717) is 37.1 Å². The van der Waals surface area contributed by atoms with E-state index in [1.807, 2.05) is 32.0 Å². The minimum atomic E-state index is -5.71. The zero-order chi connectivity index (χ0) is 48.5. The van der Waals surface area contributed by atoms with E-state index < -0.39 is 63.8 Å². The van der Waals surface area contributed by atoms with E-state index in [1.165, 1.54) is 24.5 Å². The second-order valence-corrected chi connectivity index (χ2v) is 20.3. The maximum Gasteiger partial charge on any atom is 0.490 e. The first-order valence-electron chi connectivity index (χ1n) is 20.1. The lowest BCUT2D eigenvalue weighted by Gasteiger charge is -2.20. The molecule has 0 radical (unpaired) electrons. The Bertz CT molecular complexity index is 2910. The maximum atomic E-state index is 12.9. The molecule has 28 heteroatoms. The summed E-state index contributed by atoms with van der Waals surface area (Å²) < 4.78 is 93.9. The number of ether oxygens (including phenoxy) is 1. The average Bonchev–Trinajstić information content (AvgIpc) is 3.69. The van der Waals surface area contributed by atoms with Crippen molar-refractivity contribution in [1.82, 2.24) is 14.9 Å². The summed E-state index contributed by atoms with van der Waals surface area (Å²) in [6, 6.07) is 10.1. The van der Waals surface area contributed by atoms with Crippen molar-refractivity contribution in [3.05, 3.63) is 86.5 Å². The largest absolute Gasteiger partial charge is 0.490 e. The van der Waals surface area contributed by atoms with Crippen LogP contribution in [0.2, 0.25) is 0 Å². The third-order valence-electron chi connectivity index (χ3n) is 9.76. The Kier molecular flexibility index (Phi) is 17.6. The second-order valence-electron chi connectivity index (χ2n) is 14.5. The van der Waals surface area contributed by atoms with Crippen LogP contribution in [0.4, 0.5) is 11.5 Å². The van der Waals surface area contributed by atoms with Crippen LogP contribution in [-0.4, -0.2) is 80.3 Å². The van der Waals surface area contributed by atoms with Crippen LogP contribution in [0.15, 0.2) is 67.7 Å². The van der Waals surface area contributed by atoms with Crippen LogP contribution in [0, 0.1) is 11.8 Å². The van der Waals surface area contributed by atoms with Crippen LogP contribution >= 0.6 is 23.5 Å². The van der Waals surface area contributed by atoms with Gasteiger partial charge in [-0.05, 0) is 69.9 Å². The number of aryl methyl sites for hydroxylation is 1. The Hall–Kier alpha value is -4.89. The number of phosphoric acid groups is 3. The zero-order valence-corrected chi connectivity index (χ0v) is 38.9. The fraction of sp³-hybridized carbons (Fsp3) is 0.395. The molecule has 0 bridgehead atoms. The highest BCUT2D eigenvalue weighted by Crippen LogP contribution is 2.66. The molecule has 0 saturated carbocycles. The number of fused-ring (bicyclic) bond motifs is 1. The van der Waals surface area contributed by atoms with Crippen molar-refractivity contribution in [2.75, 3.05) is 36.9 Å². The first-order valence-corrected chi connectivity index (χ1v) is 26.0. The molecule has 4 heterocycles. The van der Waals surface area contributed by atoms with Gasteiger partial charge in [-0.2, -0.15) is 26.6 Å². The van der Waals surface area contributed by atoms with E-state index in [-0.39, 0.29) is 53.6 Å². The molecule has 1 aliphatic rings. The molecule has 1 amide bonds. The Labute approximate surface area is 377 Å². The lowest BCUT2D eigenvalue weighted by atomic mass is 10.1. The van der Waals surface area contributed by atoms with Gasteiger partial charge >= 0.3 is 34.8 Å². The molecule has 4 aromatic rings. The van der Waals surface area contributed by atoms with Crippen molar-refractivity contribution in [2.24, 2.45) is 0 Å². The van der Waals surface area contributed by atoms with E-state index in [0.717, 1.165) is 28.7 Å². The first kappa shape index (κ1) is 52.1. The molecular formula is C38H48N6O18P3S+. The van der Waals surface area contributed by atoms with Gasteiger partial charge in [-0.3, -0.25) is 18.4 Å². The minimum absolute atomic E-state index is 0.0963. The molecule has 4 atom stereocenters. The van der Waals surface area contributed by atoms with Gasteiger partial charge in [0.2, 0.25) is 11.6 Å². The summed E-state index contributed by atoms with van der Waals surface area (Å²) >= 11 is 0. The van der Waals surface area contributed by atoms with E-state index in [9.17, 15) is 50.8 Å². The highest BCUT2D eigenvalue weighted by molar-refractivity contribution is 7.85. The molecule has 1 aliphatic heterocycles. The van der Waals surface area contributed by atoms with Gasteiger partial charge in [0, 0.05) is 61.4 Å². The summed E-state index contributed by atoms with van der Waals surface area (Å²) in [6.07, 6.45) is 5.81. The number of carbonyl (C=O) groups excluding carboxylic acids is 1. The Balaban J connectivity index is 1.11. The number of carbonyl (C=O) groups is 1. The molecular weight excluding hydrogens is 953 g/mol. The average molecular weight is 1000 g/mol. The summed E-state index contributed by atoms with van der Waals surface area (Å²) in [6.45, 7) is 5.15. The van der Waals surface area contributed by atoms with Crippen LogP contribution in [0.1, 0.15) is 75.4 Å². The van der Waals surface area contributed by atoms with Gasteiger partial charge in [-0.25, -0.2) is 23.3 Å². The molecule has 8 N–H and O–H groups in total. The Morgan fingerprint density at radius 1 is 1.03 bits per heavy atom. The molecule has 1 fully saturated rings. The summed E-state index contributed by atoms with van der Waals surface area (Å²) in [5.74, 6) is 4.92. The topological polar surface area (TPSA) is 351 Å². The van der Waals surface area contributed by atoms with Crippen molar-refractivity contribution >= 4 is 74.1 Å². The Morgan fingerprint density at radius 3 is 2.47 bits per heavy atom. The number of hydrogen-bond donors (Lipinski definition) is 7. The van der Waals surface area contributed by atoms with Crippen LogP contribution in [0.3, 0.4) is 0 Å². The number of benzene rings is 1. The summed E-state index contributed by atoms with van der Waals surface area (Å²) in [5, 5.41) is 3.38. The molecule has 3 aromatic heterocycles. The number of rotatable bonds is 21. The van der Waals surface area contributed by atoms with Gasteiger partial charge in [-0.15, -0.1) is 0 Å². The molecule has 0 aliphatic carbocycles. The van der Waals surface area contributed by atoms with E-state index in [4.69, 9.17) is 24.7 Å². The lowest BCUT2D eigenvalue weighted by Crippen LogP contribution is -2.37. The number of amides is 1. The number of nitrogens with zero attached hydrogens (tertiary/aromatic N) is 4. The third kappa shape index (κ3) is 15.3.